The zero-order chi connectivity index (χ0) is 16.4. The number of carbonyl (C=O) groups excluding carboxylic acids is 2. The first-order valence-corrected chi connectivity index (χ1v) is 8.26. The second-order valence-corrected chi connectivity index (χ2v) is 6.54. The lowest BCUT2D eigenvalue weighted by molar-refractivity contribution is -0.136. The molecule has 1 aromatic carbocycles. The molecule has 0 unspecified atom stereocenters. The molecule has 23 heavy (non-hydrogen) atoms. The quantitative estimate of drug-likeness (QED) is 0.751. The first kappa shape index (κ1) is 15.7. The van der Waals surface area contributed by atoms with Crippen LogP contribution >= 0.6 is 11.3 Å². The molecule has 1 aliphatic heterocycles. The number of rotatable bonds is 4. The number of nitrogens with two attached hydrogens (primary N) is 1. The van der Waals surface area contributed by atoms with E-state index in [1.54, 1.807) is 11.9 Å². The number of anilines is 1. The highest BCUT2D eigenvalue weighted by atomic mass is 32.1. The van der Waals surface area contributed by atoms with Crippen LogP contribution in [0.5, 0.6) is 0 Å². The van der Waals surface area contributed by atoms with Crippen molar-refractivity contribution in [2.45, 2.75) is 18.5 Å². The molecule has 4 N–H and O–H groups in total. The minimum Gasteiger partial charge on any atom is -0.357 e. The molecular formula is C15H19N5O2S. The number of likely N-dealkylation sites (tertiary alicyclic amines) is 1. The van der Waals surface area contributed by atoms with Crippen LogP contribution < -0.4 is 16.4 Å². The standard InChI is InChI=1S/C15H19N5O2S/c1-17-14(22)11-6-9(16)8-20(11)13(21)7-18-15-19-10-4-2-3-5-12(10)23-15/h2-5,9,11H,6-8,16H2,1H3,(H,17,22)(H,18,19)/t9-,11-/m0/s1. The summed E-state index contributed by atoms with van der Waals surface area (Å²) in [7, 11) is 1.56. The van der Waals surface area contributed by atoms with E-state index in [1.807, 2.05) is 24.3 Å². The van der Waals surface area contributed by atoms with Crippen molar-refractivity contribution in [1.82, 2.24) is 15.2 Å². The molecule has 0 bridgehead atoms. The molecule has 1 saturated heterocycles. The smallest absolute Gasteiger partial charge is 0.242 e. The summed E-state index contributed by atoms with van der Waals surface area (Å²) in [5.74, 6) is -0.322. The fourth-order valence-electron chi connectivity index (χ4n) is 2.76. The number of para-hydroxylation sites is 1. The van der Waals surface area contributed by atoms with Gasteiger partial charge in [-0.25, -0.2) is 4.98 Å². The second-order valence-electron chi connectivity index (χ2n) is 5.51. The Bertz CT molecular complexity index is 698. The Morgan fingerprint density at radius 2 is 2.22 bits per heavy atom. The summed E-state index contributed by atoms with van der Waals surface area (Å²) in [6.07, 6.45) is 0.493. The molecule has 2 atom stereocenters. The van der Waals surface area contributed by atoms with Crippen molar-refractivity contribution in [3.05, 3.63) is 24.3 Å². The maximum absolute atomic E-state index is 12.4. The molecule has 1 aromatic heterocycles. The molecule has 7 nitrogen and oxygen atoms in total. The predicted octanol–water partition coefficient (Wildman–Crippen LogP) is 0.382. The molecule has 1 aliphatic rings. The van der Waals surface area contributed by atoms with Gasteiger partial charge < -0.3 is 21.3 Å². The van der Waals surface area contributed by atoms with E-state index < -0.39 is 6.04 Å². The Hall–Kier alpha value is -2.19. The Kier molecular flexibility index (Phi) is 4.44. The number of amides is 2. The highest BCUT2D eigenvalue weighted by Crippen LogP contribution is 2.25. The highest BCUT2D eigenvalue weighted by molar-refractivity contribution is 7.22. The fraction of sp³-hybridized carbons (Fsp3) is 0.400. The van der Waals surface area contributed by atoms with E-state index in [1.165, 1.54) is 11.3 Å². The first-order chi connectivity index (χ1) is 11.1. The predicted molar refractivity (Wildman–Crippen MR) is 90.3 cm³/mol. The van der Waals surface area contributed by atoms with Crippen molar-refractivity contribution in [1.29, 1.82) is 0 Å². The summed E-state index contributed by atoms with van der Waals surface area (Å²) in [6, 6.07) is 7.15. The number of nitrogens with one attached hydrogen (secondary N) is 2. The minimum absolute atomic E-state index is 0.0973. The third-order valence-corrected chi connectivity index (χ3v) is 4.88. The van der Waals surface area contributed by atoms with Gasteiger partial charge in [0.15, 0.2) is 5.13 Å². The molecule has 0 spiro atoms. The molecule has 8 heteroatoms. The van der Waals surface area contributed by atoms with Crippen LogP contribution in [0.25, 0.3) is 10.2 Å². The molecule has 2 amide bonds. The van der Waals surface area contributed by atoms with Crippen molar-refractivity contribution in [2.75, 3.05) is 25.5 Å². The van der Waals surface area contributed by atoms with Gasteiger partial charge in [-0.3, -0.25) is 9.59 Å². The Morgan fingerprint density at radius 1 is 1.43 bits per heavy atom. The summed E-state index contributed by atoms with van der Waals surface area (Å²) in [5.41, 5.74) is 6.80. The molecule has 2 aromatic rings. The molecule has 122 valence electrons. The van der Waals surface area contributed by atoms with Gasteiger partial charge >= 0.3 is 0 Å². The van der Waals surface area contributed by atoms with Gasteiger partial charge in [-0.15, -0.1) is 0 Å². The number of benzene rings is 1. The normalized spacial score (nSPS) is 20.7. The van der Waals surface area contributed by atoms with Gasteiger partial charge in [0.05, 0.1) is 16.8 Å². The zero-order valence-corrected chi connectivity index (χ0v) is 13.6. The number of nitrogens with zero attached hydrogens (tertiary/aromatic N) is 2. The number of fused-ring (bicyclic) bond motifs is 1. The maximum Gasteiger partial charge on any atom is 0.242 e. The number of carbonyl (C=O) groups is 2. The first-order valence-electron chi connectivity index (χ1n) is 7.44. The van der Waals surface area contributed by atoms with Crippen LogP contribution in [-0.4, -0.2) is 53.9 Å². The summed E-state index contributed by atoms with van der Waals surface area (Å²) >= 11 is 1.50. The molecule has 0 radical (unpaired) electrons. The maximum atomic E-state index is 12.4. The lowest BCUT2D eigenvalue weighted by Gasteiger charge is -2.23. The third kappa shape index (κ3) is 3.27. The molecule has 0 aliphatic carbocycles. The van der Waals surface area contributed by atoms with Crippen LogP contribution in [0.4, 0.5) is 5.13 Å². The number of hydrogen-bond acceptors (Lipinski definition) is 6. The number of hydrogen-bond donors (Lipinski definition) is 3. The van der Waals surface area contributed by atoms with Crippen molar-refractivity contribution >= 4 is 38.5 Å². The summed E-state index contributed by atoms with van der Waals surface area (Å²) in [4.78, 5) is 30.3. The van der Waals surface area contributed by atoms with Crippen molar-refractivity contribution in [2.24, 2.45) is 5.73 Å². The summed E-state index contributed by atoms with van der Waals surface area (Å²) in [6.45, 7) is 0.498. The Balaban J connectivity index is 1.65. The third-order valence-electron chi connectivity index (χ3n) is 3.89. The van der Waals surface area contributed by atoms with E-state index in [2.05, 4.69) is 15.6 Å². The van der Waals surface area contributed by atoms with Crippen molar-refractivity contribution in [3.63, 3.8) is 0 Å². The zero-order valence-electron chi connectivity index (χ0n) is 12.8. The van der Waals surface area contributed by atoms with Gasteiger partial charge in [0.2, 0.25) is 11.8 Å². The van der Waals surface area contributed by atoms with Crippen LogP contribution in [0.2, 0.25) is 0 Å². The SMILES string of the molecule is CNC(=O)[C@@H]1C[C@H](N)CN1C(=O)CNc1nc2ccccc2s1. The lowest BCUT2D eigenvalue weighted by atomic mass is 10.1. The second kappa shape index (κ2) is 6.51. The topological polar surface area (TPSA) is 100 Å². The van der Waals surface area contributed by atoms with Gasteiger partial charge in [0, 0.05) is 19.6 Å². The molecule has 3 rings (SSSR count). The number of thiazole rings is 1. The van der Waals surface area contributed by atoms with Crippen LogP contribution in [0.3, 0.4) is 0 Å². The molecule has 1 fully saturated rings. The van der Waals surface area contributed by atoms with Crippen LogP contribution in [-0.2, 0) is 9.59 Å². The number of aromatic nitrogens is 1. The van der Waals surface area contributed by atoms with Gasteiger partial charge in [0.1, 0.15) is 6.04 Å². The van der Waals surface area contributed by atoms with Crippen LogP contribution in [0, 0.1) is 0 Å². The van der Waals surface area contributed by atoms with Crippen LogP contribution in [0.1, 0.15) is 6.42 Å². The fourth-order valence-corrected chi connectivity index (χ4v) is 3.62. The van der Waals surface area contributed by atoms with Crippen molar-refractivity contribution < 1.29 is 9.59 Å². The summed E-state index contributed by atoms with van der Waals surface area (Å²) < 4.78 is 1.06. The monoisotopic (exact) mass is 333 g/mol. The van der Waals surface area contributed by atoms with E-state index in [0.29, 0.717) is 18.1 Å². The molecule has 2 heterocycles. The van der Waals surface area contributed by atoms with Gasteiger partial charge in [-0.2, -0.15) is 0 Å². The average Bonchev–Trinajstić information content (AvgIpc) is 3.14. The Labute approximate surface area is 137 Å². The van der Waals surface area contributed by atoms with E-state index in [9.17, 15) is 9.59 Å². The Morgan fingerprint density at radius 3 is 2.96 bits per heavy atom. The van der Waals surface area contributed by atoms with Gasteiger partial charge in [-0.1, -0.05) is 23.5 Å². The van der Waals surface area contributed by atoms with E-state index in [-0.39, 0.29) is 24.4 Å². The average molecular weight is 333 g/mol. The number of likely N-dealkylation sites (N-methyl/N-ethyl adjacent to an activating group) is 1. The lowest BCUT2D eigenvalue weighted by Crippen LogP contribution is -2.46. The van der Waals surface area contributed by atoms with E-state index in [4.69, 9.17) is 5.73 Å². The van der Waals surface area contributed by atoms with Gasteiger partial charge in [0.25, 0.3) is 0 Å². The van der Waals surface area contributed by atoms with E-state index in [0.717, 1.165) is 10.2 Å². The van der Waals surface area contributed by atoms with Gasteiger partial charge in [-0.05, 0) is 18.6 Å². The molecular weight excluding hydrogens is 314 g/mol. The highest BCUT2D eigenvalue weighted by Gasteiger charge is 2.37. The molecule has 0 saturated carbocycles. The van der Waals surface area contributed by atoms with Crippen LogP contribution in [0.15, 0.2) is 24.3 Å². The summed E-state index contributed by atoms with van der Waals surface area (Å²) in [5, 5.41) is 6.33. The minimum atomic E-state index is -0.486. The van der Waals surface area contributed by atoms with Crippen molar-refractivity contribution in [3.8, 4) is 0 Å². The largest absolute Gasteiger partial charge is 0.357 e. The van der Waals surface area contributed by atoms with E-state index >= 15 is 0 Å².